The molecular formula is C14H27N5O. The van der Waals surface area contributed by atoms with Crippen LogP contribution in [0.3, 0.4) is 0 Å². The molecule has 1 aromatic rings. The minimum atomic E-state index is 0.0387. The molecule has 0 amide bonds. The zero-order valence-corrected chi connectivity index (χ0v) is 13.0. The van der Waals surface area contributed by atoms with E-state index in [1.165, 1.54) is 0 Å². The lowest BCUT2D eigenvalue weighted by atomic mass is 9.99. The molecule has 0 radical (unpaired) electrons. The Morgan fingerprint density at radius 2 is 2.15 bits per heavy atom. The van der Waals surface area contributed by atoms with Crippen molar-refractivity contribution in [1.29, 1.82) is 0 Å². The molecule has 114 valence electrons. The monoisotopic (exact) mass is 281 g/mol. The van der Waals surface area contributed by atoms with E-state index in [-0.39, 0.29) is 12.0 Å². The SMILES string of the molecule is CCC(c1nc(CC2CN(C)CCN2C)no1)C(C)N. The average molecular weight is 281 g/mol. The van der Waals surface area contributed by atoms with Crippen molar-refractivity contribution in [1.82, 2.24) is 19.9 Å². The molecule has 1 aliphatic rings. The van der Waals surface area contributed by atoms with E-state index in [4.69, 9.17) is 10.3 Å². The number of aromatic nitrogens is 2. The van der Waals surface area contributed by atoms with E-state index in [2.05, 4.69) is 41.0 Å². The quantitative estimate of drug-likeness (QED) is 0.856. The predicted molar refractivity (Wildman–Crippen MR) is 78.6 cm³/mol. The Kier molecular flexibility index (Phi) is 5.12. The van der Waals surface area contributed by atoms with Crippen molar-refractivity contribution in [2.75, 3.05) is 33.7 Å². The van der Waals surface area contributed by atoms with Crippen LogP contribution in [-0.2, 0) is 6.42 Å². The second-order valence-corrected chi connectivity index (χ2v) is 6.02. The molecule has 1 aromatic heterocycles. The third-order valence-corrected chi connectivity index (χ3v) is 4.27. The fourth-order valence-electron chi connectivity index (χ4n) is 2.80. The zero-order chi connectivity index (χ0) is 14.7. The lowest BCUT2D eigenvalue weighted by Crippen LogP contribution is -2.50. The number of hydrogen-bond acceptors (Lipinski definition) is 6. The van der Waals surface area contributed by atoms with Crippen LogP contribution in [0.2, 0.25) is 0 Å². The summed E-state index contributed by atoms with van der Waals surface area (Å²) in [4.78, 5) is 9.28. The van der Waals surface area contributed by atoms with Crippen molar-refractivity contribution in [2.45, 2.75) is 44.7 Å². The van der Waals surface area contributed by atoms with Gasteiger partial charge in [-0.2, -0.15) is 4.98 Å². The van der Waals surface area contributed by atoms with E-state index >= 15 is 0 Å². The van der Waals surface area contributed by atoms with Gasteiger partial charge in [0.25, 0.3) is 0 Å². The summed E-state index contributed by atoms with van der Waals surface area (Å²) in [5.41, 5.74) is 5.97. The molecule has 3 unspecified atom stereocenters. The van der Waals surface area contributed by atoms with E-state index in [0.29, 0.717) is 11.9 Å². The van der Waals surface area contributed by atoms with Crippen molar-refractivity contribution in [3.8, 4) is 0 Å². The predicted octanol–water partition coefficient (Wildman–Crippen LogP) is 0.699. The summed E-state index contributed by atoms with van der Waals surface area (Å²) in [6.07, 6.45) is 1.76. The minimum Gasteiger partial charge on any atom is -0.339 e. The summed E-state index contributed by atoms with van der Waals surface area (Å²) in [6, 6.07) is 0.492. The van der Waals surface area contributed by atoms with Gasteiger partial charge < -0.3 is 20.1 Å². The molecule has 3 atom stereocenters. The Morgan fingerprint density at radius 3 is 2.80 bits per heavy atom. The van der Waals surface area contributed by atoms with Gasteiger partial charge in [-0.05, 0) is 27.4 Å². The van der Waals surface area contributed by atoms with Gasteiger partial charge in [0.15, 0.2) is 5.82 Å². The van der Waals surface area contributed by atoms with Crippen molar-refractivity contribution in [3.05, 3.63) is 11.7 Å². The molecule has 20 heavy (non-hydrogen) atoms. The normalized spacial score (nSPS) is 24.8. The summed E-state index contributed by atoms with van der Waals surface area (Å²) in [6.45, 7) is 7.34. The van der Waals surface area contributed by atoms with Crippen LogP contribution >= 0.6 is 0 Å². The Labute approximate surface area is 121 Å². The highest BCUT2D eigenvalue weighted by atomic mass is 16.5. The molecule has 2 heterocycles. The van der Waals surface area contributed by atoms with Crippen LogP contribution in [0.15, 0.2) is 4.52 Å². The number of rotatable bonds is 5. The van der Waals surface area contributed by atoms with Crippen molar-refractivity contribution in [3.63, 3.8) is 0 Å². The summed E-state index contributed by atoms with van der Waals surface area (Å²) in [5.74, 6) is 1.64. The molecule has 2 rings (SSSR count). The van der Waals surface area contributed by atoms with E-state index in [0.717, 1.165) is 38.3 Å². The van der Waals surface area contributed by atoms with Crippen molar-refractivity contribution >= 4 is 0 Å². The van der Waals surface area contributed by atoms with Crippen LogP contribution in [0.4, 0.5) is 0 Å². The smallest absolute Gasteiger partial charge is 0.231 e. The highest BCUT2D eigenvalue weighted by Gasteiger charge is 2.26. The Bertz CT molecular complexity index is 419. The number of hydrogen-bond donors (Lipinski definition) is 1. The van der Waals surface area contributed by atoms with Crippen LogP contribution in [0.1, 0.15) is 37.9 Å². The van der Waals surface area contributed by atoms with E-state index in [9.17, 15) is 0 Å². The van der Waals surface area contributed by atoms with Gasteiger partial charge in [-0.1, -0.05) is 12.1 Å². The van der Waals surface area contributed by atoms with Crippen LogP contribution in [0.25, 0.3) is 0 Å². The van der Waals surface area contributed by atoms with E-state index in [1.807, 2.05) is 6.92 Å². The summed E-state index contributed by atoms with van der Waals surface area (Å²) < 4.78 is 5.41. The number of piperazine rings is 1. The van der Waals surface area contributed by atoms with Gasteiger partial charge in [-0.25, -0.2) is 0 Å². The van der Waals surface area contributed by atoms with Gasteiger partial charge in [0, 0.05) is 38.1 Å². The standard InChI is InChI=1S/C14H27N5O/c1-5-12(10(2)15)14-16-13(17-20-14)8-11-9-18(3)6-7-19(11)4/h10-12H,5-9,15H2,1-4H3. The highest BCUT2D eigenvalue weighted by Crippen LogP contribution is 2.21. The van der Waals surface area contributed by atoms with Gasteiger partial charge in [-0.15, -0.1) is 0 Å². The Morgan fingerprint density at radius 1 is 1.40 bits per heavy atom. The second-order valence-electron chi connectivity index (χ2n) is 6.02. The third-order valence-electron chi connectivity index (χ3n) is 4.27. The molecule has 1 fully saturated rings. The zero-order valence-electron chi connectivity index (χ0n) is 13.0. The summed E-state index contributed by atoms with van der Waals surface area (Å²) >= 11 is 0. The molecule has 0 aromatic carbocycles. The van der Waals surface area contributed by atoms with Gasteiger partial charge in [-0.3, -0.25) is 0 Å². The number of nitrogens with zero attached hydrogens (tertiary/aromatic N) is 4. The summed E-state index contributed by atoms with van der Waals surface area (Å²) in [5, 5.41) is 4.13. The van der Waals surface area contributed by atoms with Gasteiger partial charge in [0.05, 0.1) is 5.92 Å². The molecular weight excluding hydrogens is 254 g/mol. The first-order chi connectivity index (χ1) is 9.51. The topological polar surface area (TPSA) is 71.4 Å². The molecule has 0 bridgehead atoms. The molecule has 2 N–H and O–H groups in total. The first-order valence-corrected chi connectivity index (χ1v) is 7.48. The van der Waals surface area contributed by atoms with Gasteiger partial charge in [0.1, 0.15) is 0 Å². The van der Waals surface area contributed by atoms with E-state index in [1.54, 1.807) is 0 Å². The molecule has 1 saturated heterocycles. The second kappa shape index (κ2) is 6.65. The highest BCUT2D eigenvalue weighted by molar-refractivity contribution is 4.99. The molecule has 6 heteroatoms. The molecule has 0 saturated carbocycles. The lowest BCUT2D eigenvalue weighted by molar-refractivity contribution is 0.113. The first-order valence-electron chi connectivity index (χ1n) is 7.48. The Balaban J connectivity index is 2.01. The van der Waals surface area contributed by atoms with Gasteiger partial charge >= 0.3 is 0 Å². The number of nitrogens with two attached hydrogens (primary N) is 1. The fourth-order valence-corrected chi connectivity index (χ4v) is 2.80. The molecule has 0 spiro atoms. The van der Waals surface area contributed by atoms with Crippen LogP contribution < -0.4 is 5.73 Å². The van der Waals surface area contributed by atoms with Gasteiger partial charge in [0.2, 0.25) is 5.89 Å². The largest absolute Gasteiger partial charge is 0.339 e. The van der Waals surface area contributed by atoms with Crippen molar-refractivity contribution in [2.24, 2.45) is 5.73 Å². The average Bonchev–Trinajstić information content (AvgIpc) is 2.82. The minimum absolute atomic E-state index is 0.0387. The summed E-state index contributed by atoms with van der Waals surface area (Å²) in [7, 11) is 4.32. The van der Waals surface area contributed by atoms with Crippen LogP contribution in [-0.4, -0.2) is 65.8 Å². The maximum Gasteiger partial charge on any atom is 0.231 e. The molecule has 0 aliphatic carbocycles. The molecule has 6 nitrogen and oxygen atoms in total. The maximum atomic E-state index is 5.97. The van der Waals surface area contributed by atoms with Crippen LogP contribution in [0, 0.1) is 0 Å². The van der Waals surface area contributed by atoms with E-state index < -0.39 is 0 Å². The van der Waals surface area contributed by atoms with Crippen molar-refractivity contribution < 1.29 is 4.52 Å². The third kappa shape index (κ3) is 3.56. The lowest BCUT2D eigenvalue weighted by Gasteiger charge is -2.37. The fraction of sp³-hybridized carbons (Fsp3) is 0.857. The first kappa shape index (κ1) is 15.4. The number of likely N-dealkylation sites (N-methyl/N-ethyl adjacent to an activating group) is 2. The maximum absolute atomic E-state index is 5.97. The Hall–Kier alpha value is -0.980. The molecule has 1 aliphatic heterocycles. The van der Waals surface area contributed by atoms with Crippen LogP contribution in [0.5, 0.6) is 0 Å².